The molecule has 0 amide bonds. The summed E-state index contributed by atoms with van der Waals surface area (Å²) in [6, 6.07) is 12.2. The second-order valence-corrected chi connectivity index (χ2v) is 8.42. The van der Waals surface area contributed by atoms with Crippen molar-refractivity contribution in [1.82, 2.24) is 19.2 Å². The van der Waals surface area contributed by atoms with Gasteiger partial charge in [0.1, 0.15) is 0 Å². The lowest BCUT2D eigenvalue weighted by molar-refractivity contribution is 0.114. The molecular weight excluding hydrogens is 348 g/mol. The maximum absolute atomic E-state index is 12.3. The molecule has 1 aromatic carbocycles. The Labute approximate surface area is 165 Å². The number of rotatable bonds is 3. The maximum atomic E-state index is 12.3. The van der Waals surface area contributed by atoms with Gasteiger partial charge in [0.25, 0.3) is 5.56 Å². The Bertz CT molecular complexity index is 1070. The number of nitrogens with zero attached hydrogens (tertiary/aromatic N) is 4. The first-order valence-corrected chi connectivity index (χ1v) is 10.1. The third kappa shape index (κ3) is 3.00. The van der Waals surface area contributed by atoms with Crippen molar-refractivity contribution >= 4 is 0 Å². The molecule has 2 bridgehead atoms. The van der Waals surface area contributed by atoms with Gasteiger partial charge in [0.2, 0.25) is 0 Å². The molecule has 0 spiro atoms. The molecule has 0 aliphatic carbocycles. The minimum atomic E-state index is 0.149. The van der Waals surface area contributed by atoms with Crippen molar-refractivity contribution in [3.8, 4) is 5.69 Å². The van der Waals surface area contributed by atoms with Crippen LogP contribution in [-0.4, -0.2) is 32.3 Å². The van der Waals surface area contributed by atoms with Crippen molar-refractivity contribution in [1.29, 1.82) is 0 Å². The van der Waals surface area contributed by atoms with Crippen LogP contribution in [0.25, 0.3) is 5.69 Å². The number of pyridine rings is 1. The van der Waals surface area contributed by atoms with Gasteiger partial charge in [-0.1, -0.05) is 12.1 Å². The van der Waals surface area contributed by atoms with Gasteiger partial charge in [-0.2, -0.15) is 5.10 Å². The maximum Gasteiger partial charge on any atom is 0.250 e. The van der Waals surface area contributed by atoms with E-state index in [0.717, 1.165) is 26.2 Å². The van der Waals surface area contributed by atoms with Gasteiger partial charge >= 0.3 is 0 Å². The summed E-state index contributed by atoms with van der Waals surface area (Å²) >= 11 is 0. The molecule has 0 saturated carbocycles. The molecule has 2 aliphatic heterocycles. The number of benzene rings is 1. The van der Waals surface area contributed by atoms with Crippen LogP contribution in [0.3, 0.4) is 0 Å². The predicted octanol–water partition coefficient (Wildman–Crippen LogP) is 3.27. The Balaban J connectivity index is 1.47. The van der Waals surface area contributed by atoms with Crippen LogP contribution in [0.1, 0.15) is 34.7 Å². The fourth-order valence-corrected chi connectivity index (χ4v) is 5.14. The Morgan fingerprint density at radius 3 is 2.82 bits per heavy atom. The van der Waals surface area contributed by atoms with E-state index in [1.807, 2.05) is 33.8 Å². The van der Waals surface area contributed by atoms with Gasteiger partial charge in [-0.3, -0.25) is 9.69 Å². The number of likely N-dealkylation sites (tertiary alicyclic amines) is 1. The summed E-state index contributed by atoms with van der Waals surface area (Å²) in [6.45, 7) is 8.17. The van der Waals surface area contributed by atoms with Crippen LogP contribution in [0.15, 0.2) is 53.6 Å². The summed E-state index contributed by atoms with van der Waals surface area (Å²) in [6.07, 6.45) is 5.05. The van der Waals surface area contributed by atoms with Crippen molar-refractivity contribution in [3.05, 3.63) is 81.5 Å². The molecule has 2 atom stereocenters. The third-order valence-electron chi connectivity index (χ3n) is 6.28. The van der Waals surface area contributed by atoms with Gasteiger partial charge in [0.05, 0.1) is 5.69 Å². The Morgan fingerprint density at radius 2 is 2.00 bits per heavy atom. The standard InChI is InChI=1S/C23H26N4O/c1-16-9-17(2)20(22(10-16)27-8-4-7-24-27)15-25-12-18-11-19(14-25)21-5-3-6-23(28)26(21)13-18/h3-10,18-19H,11-15H2,1-2H3/t18-,19+/m1/s1. The number of aryl methyl sites for hydroxylation is 2. The second kappa shape index (κ2) is 6.74. The summed E-state index contributed by atoms with van der Waals surface area (Å²) < 4.78 is 3.98. The highest BCUT2D eigenvalue weighted by Gasteiger charge is 2.34. The lowest BCUT2D eigenvalue weighted by Crippen LogP contribution is -2.46. The smallest absolute Gasteiger partial charge is 0.250 e. The number of hydrogen-bond donors (Lipinski definition) is 0. The molecule has 3 aromatic rings. The lowest BCUT2D eigenvalue weighted by atomic mass is 9.83. The van der Waals surface area contributed by atoms with Gasteiger partial charge in [-0.25, -0.2) is 4.68 Å². The van der Waals surface area contributed by atoms with E-state index >= 15 is 0 Å². The van der Waals surface area contributed by atoms with Crippen LogP contribution in [-0.2, 0) is 13.1 Å². The van der Waals surface area contributed by atoms with E-state index in [4.69, 9.17) is 0 Å². The number of hydrogen-bond acceptors (Lipinski definition) is 3. The summed E-state index contributed by atoms with van der Waals surface area (Å²) in [7, 11) is 0. The topological polar surface area (TPSA) is 43.1 Å². The molecule has 0 unspecified atom stereocenters. The summed E-state index contributed by atoms with van der Waals surface area (Å²) in [5.41, 5.74) is 6.46. The quantitative estimate of drug-likeness (QED) is 0.707. The van der Waals surface area contributed by atoms with Crippen molar-refractivity contribution in [2.24, 2.45) is 5.92 Å². The minimum Gasteiger partial charge on any atom is -0.312 e. The summed E-state index contributed by atoms with van der Waals surface area (Å²) in [5.74, 6) is 0.991. The Kier molecular flexibility index (Phi) is 4.20. The van der Waals surface area contributed by atoms with Gasteiger partial charge in [-0.05, 0) is 61.1 Å². The molecule has 1 fully saturated rings. The van der Waals surface area contributed by atoms with Crippen LogP contribution in [0.4, 0.5) is 0 Å². The first kappa shape index (κ1) is 17.4. The van der Waals surface area contributed by atoms with Gasteiger partial charge in [-0.15, -0.1) is 0 Å². The van der Waals surface area contributed by atoms with E-state index in [1.165, 1.54) is 34.5 Å². The second-order valence-electron chi connectivity index (χ2n) is 8.42. The van der Waals surface area contributed by atoms with Crippen LogP contribution in [0, 0.1) is 19.8 Å². The highest BCUT2D eigenvalue weighted by atomic mass is 16.1. The number of fused-ring (bicyclic) bond motifs is 4. The zero-order chi connectivity index (χ0) is 19.3. The molecule has 4 heterocycles. The first-order valence-electron chi connectivity index (χ1n) is 10.1. The minimum absolute atomic E-state index is 0.149. The Morgan fingerprint density at radius 1 is 1.11 bits per heavy atom. The highest BCUT2D eigenvalue weighted by Crippen LogP contribution is 2.36. The molecule has 144 valence electrons. The van der Waals surface area contributed by atoms with Crippen molar-refractivity contribution in [3.63, 3.8) is 0 Å². The third-order valence-corrected chi connectivity index (χ3v) is 6.28. The normalized spacial score (nSPS) is 21.5. The molecule has 28 heavy (non-hydrogen) atoms. The number of piperidine rings is 1. The van der Waals surface area contributed by atoms with E-state index in [0.29, 0.717) is 11.8 Å². The van der Waals surface area contributed by atoms with Gasteiger partial charge in [0.15, 0.2) is 0 Å². The van der Waals surface area contributed by atoms with Gasteiger partial charge in [0, 0.05) is 56.3 Å². The number of aromatic nitrogens is 3. The molecule has 5 rings (SSSR count). The van der Waals surface area contributed by atoms with E-state index < -0.39 is 0 Å². The molecule has 1 saturated heterocycles. The van der Waals surface area contributed by atoms with E-state index in [2.05, 4.69) is 42.0 Å². The fraction of sp³-hybridized carbons (Fsp3) is 0.391. The average Bonchev–Trinajstić information content (AvgIpc) is 3.19. The molecule has 5 nitrogen and oxygen atoms in total. The zero-order valence-electron chi connectivity index (χ0n) is 16.5. The van der Waals surface area contributed by atoms with E-state index in [9.17, 15) is 4.79 Å². The highest BCUT2D eigenvalue weighted by molar-refractivity contribution is 5.48. The Hall–Kier alpha value is -2.66. The average molecular weight is 374 g/mol. The molecule has 0 radical (unpaired) electrons. The van der Waals surface area contributed by atoms with Crippen molar-refractivity contribution in [2.75, 3.05) is 13.1 Å². The van der Waals surface area contributed by atoms with Crippen LogP contribution in [0.5, 0.6) is 0 Å². The molecule has 2 aromatic heterocycles. The van der Waals surface area contributed by atoms with Crippen molar-refractivity contribution in [2.45, 2.75) is 39.3 Å². The largest absolute Gasteiger partial charge is 0.312 e. The first-order chi connectivity index (χ1) is 13.6. The van der Waals surface area contributed by atoms with Crippen LogP contribution < -0.4 is 5.56 Å². The molecule has 5 heteroatoms. The van der Waals surface area contributed by atoms with Gasteiger partial charge < -0.3 is 4.57 Å². The SMILES string of the molecule is Cc1cc(C)c(CN2C[C@H]3C[C@@H](C2)c2cccc(=O)n2C3)c(-n2cccn2)c1. The monoisotopic (exact) mass is 374 g/mol. The van der Waals surface area contributed by atoms with Crippen LogP contribution >= 0.6 is 0 Å². The molecule has 0 N–H and O–H groups in total. The summed E-state index contributed by atoms with van der Waals surface area (Å²) in [4.78, 5) is 14.8. The molecular formula is C23H26N4O. The fourth-order valence-electron chi connectivity index (χ4n) is 5.14. The van der Waals surface area contributed by atoms with E-state index in [1.54, 1.807) is 6.07 Å². The lowest BCUT2D eigenvalue weighted by Gasteiger charge is -2.43. The van der Waals surface area contributed by atoms with Crippen molar-refractivity contribution < 1.29 is 0 Å². The van der Waals surface area contributed by atoms with E-state index in [-0.39, 0.29) is 5.56 Å². The zero-order valence-corrected chi connectivity index (χ0v) is 16.5. The predicted molar refractivity (Wildman–Crippen MR) is 110 cm³/mol. The summed E-state index contributed by atoms with van der Waals surface area (Å²) in [5, 5.41) is 4.48. The molecule has 2 aliphatic rings. The van der Waals surface area contributed by atoms with Crippen LogP contribution in [0.2, 0.25) is 0 Å².